The summed E-state index contributed by atoms with van der Waals surface area (Å²) < 4.78 is 0. The summed E-state index contributed by atoms with van der Waals surface area (Å²) in [6, 6.07) is 0.362. The van der Waals surface area contributed by atoms with Gasteiger partial charge < -0.3 is 5.32 Å². The van der Waals surface area contributed by atoms with Crippen LogP contribution in [0.3, 0.4) is 0 Å². The van der Waals surface area contributed by atoms with Crippen LogP contribution in [0.5, 0.6) is 0 Å². The summed E-state index contributed by atoms with van der Waals surface area (Å²) in [5, 5.41) is 3.32. The van der Waals surface area contributed by atoms with Crippen LogP contribution < -0.4 is 5.32 Å². The van der Waals surface area contributed by atoms with Gasteiger partial charge in [0.05, 0.1) is 11.7 Å². The lowest BCUT2D eigenvalue weighted by molar-refractivity contribution is 0.381. The Kier molecular flexibility index (Phi) is 2.04. The molecule has 1 N–H and O–H groups in total. The van der Waals surface area contributed by atoms with Gasteiger partial charge in [-0.3, -0.25) is 9.97 Å². The molecule has 1 aliphatic rings. The Hall–Kier alpha value is -0.960. The highest BCUT2D eigenvalue weighted by Crippen LogP contribution is 2.53. The zero-order valence-electron chi connectivity index (χ0n) is 8.12. The summed E-state index contributed by atoms with van der Waals surface area (Å²) in [7, 11) is 1.99. The van der Waals surface area contributed by atoms with Gasteiger partial charge in [0, 0.05) is 18.6 Å². The lowest BCUT2D eigenvalue weighted by Crippen LogP contribution is -2.25. The first kappa shape index (κ1) is 8.63. The van der Waals surface area contributed by atoms with Crippen LogP contribution in [-0.4, -0.2) is 17.0 Å². The van der Waals surface area contributed by atoms with E-state index in [-0.39, 0.29) is 0 Å². The molecule has 0 amide bonds. The van der Waals surface area contributed by atoms with Gasteiger partial charge in [-0.05, 0) is 25.3 Å². The monoisotopic (exact) mass is 177 g/mol. The molecule has 2 rings (SSSR count). The normalized spacial score (nSPS) is 21.1. The molecule has 3 nitrogen and oxygen atoms in total. The van der Waals surface area contributed by atoms with Crippen molar-refractivity contribution in [2.75, 3.05) is 7.05 Å². The second-order valence-corrected chi connectivity index (χ2v) is 4.01. The molecule has 0 radical (unpaired) electrons. The van der Waals surface area contributed by atoms with Crippen LogP contribution in [-0.2, 0) is 0 Å². The molecule has 1 heterocycles. The second kappa shape index (κ2) is 3.07. The molecule has 1 saturated carbocycles. The van der Waals surface area contributed by atoms with Crippen LogP contribution in [0, 0.1) is 5.41 Å². The molecular weight excluding hydrogens is 162 g/mol. The van der Waals surface area contributed by atoms with E-state index in [0.717, 1.165) is 5.69 Å². The number of nitrogens with zero attached hydrogens (tertiary/aromatic N) is 2. The van der Waals surface area contributed by atoms with Crippen molar-refractivity contribution >= 4 is 0 Å². The number of aromatic nitrogens is 2. The summed E-state index contributed by atoms with van der Waals surface area (Å²) >= 11 is 0. The molecule has 1 fully saturated rings. The van der Waals surface area contributed by atoms with Crippen molar-refractivity contribution < 1.29 is 0 Å². The van der Waals surface area contributed by atoms with Gasteiger partial charge in [-0.2, -0.15) is 0 Å². The predicted molar refractivity (Wildman–Crippen MR) is 51.2 cm³/mol. The van der Waals surface area contributed by atoms with E-state index in [4.69, 9.17) is 0 Å². The number of hydrogen-bond acceptors (Lipinski definition) is 3. The third-order valence-electron chi connectivity index (χ3n) is 2.90. The highest BCUT2D eigenvalue weighted by Gasteiger charge is 2.45. The Morgan fingerprint density at radius 1 is 1.46 bits per heavy atom. The fourth-order valence-corrected chi connectivity index (χ4v) is 1.80. The average molecular weight is 177 g/mol. The predicted octanol–water partition coefficient (Wildman–Crippen LogP) is 1.54. The van der Waals surface area contributed by atoms with Gasteiger partial charge in [-0.15, -0.1) is 0 Å². The van der Waals surface area contributed by atoms with E-state index in [1.165, 1.54) is 12.8 Å². The van der Waals surface area contributed by atoms with E-state index in [1.54, 1.807) is 12.4 Å². The quantitative estimate of drug-likeness (QED) is 0.761. The summed E-state index contributed by atoms with van der Waals surface area (Å²) in [6.07, 6.45) is 7.89. The van der Waals surface area contributed by atoms with Gasteiger partial charge in [-0.1, -0.05) is 6.92 Å². The maximum absolute atomic E-state index is 4.33. The van der Waals surface area contributed by atoms with Gasteiger partial charge >= 0.3 is 0 Å². The average Bonchev–Trinajstić information content (AvgIpc) is 2.87. The van der Waals surface area contributed by atoms with Gasteiger partial charge in [0.1, 0.15) is 0 Å². The zero-order valence-corrected chi connectivity index (χ0v) is 8.12. The molecule has 0 bridgehead atoms. The minimum atomic E-state index is 0.362. The van der Waals surface area contributed by atoms with E-state index in [1.807, 2.05) is 13.2 Å². The lowest BCUT2D eigenvalue weighted by Gasteiger charge is -2.21. The van der Waals surface area contributed by atoms with Crippen molar-refractivity contribution in [1.29, 1.82) is 0 Å². The van der Waals surface area contributed by atoms with E-state index < -0.39 is 0 Å². The maximum Gasteiger partial charge on any atom is 0.0761 e. The fourth-order valence-electron chi connectivity index (χ4n) is 1.80. The molecule has 1 aromatic heterocycles. The molecule has 1 aliphatic carbocycles. The Morgan fingerprint density at radius 2 is 2.23 bits per heavy atom. The third kappa shape index (κ3) is 1.56. The van der Waals surface area contributed by atoms with Gasteiger partial charge in [-0.25, -0.2) is 0 Å². The molecule has 1 aromatic rings. The van der Waals surface area contributed by atoms with Crippen LogP contribution in [0.25, 0.3) is 0 Å². The Bertz CT molecular complexity index is 279. The molecule has 13 heavy (non-hydrogen) atoms. The summed E-state index contributed by atoms with van der Waals surface area (Å²) in [5.74, 6) is 0. The van der Waals surface area contributed by atoms with Crippen molar-refractivity contribution in [2.45, 2.75) is 25.8 Å². The number of nitrogens with one attached hydrogen (secondary N) is 1. The molecular formula is C10H15N3. The molecule has 0 saturated heterocycles. The van der Waals surface area contributed by atoms with E-state index >= 15 is 0 Å². The maximum atomic E-state index is 4.33. The smallest absolute Gasteiger partial charge is 0.0761 e. The fraction of sp³-hybridized carbons (Fsp3) is 0.600. The van der Waals surface area contributed by atoms with Crippen LogP contribution in [0.15, 0.2) is 18.6 Å². The molecule has 3 heteroatoms. The van der Waals surface area contributed by atoms with Crippen molar-refractivity contribution in [3.63, 3.8) is 0 Å². The van der Waals surface area contributed by atoms with Gasteiger partial charge in [0.25, 0.3) is 0 Å². The molecule has 0 aromatic carbocycles. The molecule has 70 valence electrons. The SMILES string of the molecule is CNC(c1cnccn1)C1(C)CC1. The summed E-state index contributed by atoms with van der Waals surface area (Å²) in [4.78, 5) is 8.42. The highest BCUT2D eigenvalue weighted by molar-refractivity contribution is 5.12. The van der Waals surface area contributed by atoms with Crippen molar-refractivity contribution in [1.82, 2.24) is 15.3 Å². The largest absolute Gasteiger partial charge is 0.311 e. The second-order valence-electron chi connectivity index (χ2n) is 4.01. The highest BCUT2D eigenvalue weighted by atomic mass is 15.0. The zero-order chi connectivity index (χ0) is 9.31. The first-order valence-corrected chi connectivity index (χ1v) is 4.69. The van der Waals surface area contributed by atoms with Crippen LogP contribution in [0.1, 0.15) is 31.5 Å². The first-order valence-electron chi connectivity index (χ1n) is 4.69. The lowest BCUT2D eigenvalue weighted by atomic mass is 9.96. The topological polar surface area (TPSA) is 37.8 Å². The Morgan fingerprint density at radius 3 is 2.69 bits per heavy atom. The van der Waals surface area contributed by atoms with Crippen LogP contribution in [0.2, 0.25) is 0 Å². The van der Waals surface area contributed by atoms with E-state index in [9.17, 15) is 0 Å². The first-order chi connectivity index (χ1) is 6.26. The van der Waals surface area contributed by atoms with Crippen molar-refractivity contribution in [2.24, 2.45) is 5.41 Å². The minimum absolute atomic E-state index is 0.362. The molecule has 1 unspecified atom stereocenters. The third-order valence-corrected chi connectivity index (χ3v) is 2.90. The van der Waals surface area contributed by atoms with Gasteiger partial charge in [0.15, 0.2) is 0 Å². The number of hydrogen-bond donors (Lipinski definition) is 1. The Labute approximate surface area is 78.6 Å². The summed E-state index contributed by atoms with van der Waals surface area (Å²) in [6.45, 7) is 2.29. The molecule has 0 spiro atoms. The van der Waals surface area contributed by atoms with E-state index in [2.05, 4.69) is 22.2 Å². The number of rotatable bonds is 3. The van der Waals surface area contributed by atoms with Crippen molar-refractivity contribution in [3.05, 3.63) is 24.3 Å². The standard InChI is InChI=1S/C10H15N3/c1-10(3-4-10)9(11-2)8-7-12-5-6-13-8/h5-7,9,11H,3-4H2,1-2H3. The van der Waals surface area contributed by atoms with Crippen molar-refractivity contribution in [3.8, 4) is 0 Å². The molecule has 1 atom stereocenters. The Balaban J connectivity index is 2.23. The van der Waals surface area contributed by atoms with Crippen LogP contribution in [0.4, 0.5) is 0 Å². The summed E-state index contributed by atoms with van der Waals surface area (Å²) in [5.41, 5.74) is 1.47. The molecule has 0 aliphatic heterocycles. The van der Waals surface area contributed by atoms with Crippen LogP contribution >= 0.6 is 0 Å². The van der Waals surface area contributed by atoms with E-state index in [0.29, 0.717) is 11.5 Å². The van der Waals surface area contributed by atoms with Gasteiger partial charge in [0.2, 0.25) is 0 Å². The minimum Gasteiger partial charge on any atom is -0.311 e.